The van der Waals surface area contributed by atoms with Crippen LogP contribution in [-0.4, -0.2) is 16.6 Å². The van der Waals surface area contributed by atoms with Crippen LogP contribution in [0.5, 0.6) is 0 Å². The molecule has 0 unspecified atom stereocenters. The molecule has 0 bridgehead atoms. The molecule has 3 rings (SSSR count). The monoisotopic (exact) mass is 350 g/mol. The number of carbonyl (C=O) groups is 1. The molecule has 1 heterocycles. The normalized spacial score (nSPS) is 10.8. The Hall–Kier alpha value is -2.33. The number of thioether (sulfide) groups is 1. The Balaban J connectivity index is 1.57. The number of hydrogen-bond acceptors (Lipinski definition) is 3. The fourth-order valence-corrected chi connectivity index (χ4v) is 3.60. The molecule has 128 valence electrons. The van der Waals surface area contributed by atoms with Crippen LogP contribution in [0.4, 0.5) is 5.69 Å². The molecular weight excluding hydrogens is 328 g/mol. The number of fused-ring (bicyclic) bond motifs is 1. The molecule has 4 heteroatoms. The van der Waals surface area contributed by atoms with Crippen molar-refractivity contribution in [1.82, 2.24) is 4.98 Å². The van der Waals surface area contributed by atoms with Gasteiger partial charge in [0.1, 0.15) is 0 Å². The third-order valence-electron chi connectivity index (χ3n) is 4.27. The number of aryl methyl sites for hydroxylation is 3. The molecule has 0 radical (unpaired) electrons. The Morgan fingerprint density at radius 1 is 1.00 bits per heavy atom. The Morgan fingerprint density at radius 3 is 2.60 bits per heavy atom. The Morgan fingerprint density at radius 2 is 1.80 bits per heavy atom. The first-order valence-electron chi connectivity index (χ1n) is 8.39. The molecule has 0 spiro atoms. The van der Waals surface area contributed by atoms with E-state index in [1.807, 2.05) is 36.4 Å². The molecular formula is C21H22N2OS. The maximum atomic E-state index is 12.1. The molecule has 3 nitrogen and oxygen atoms in total. The lowest BCUT2D eigenvalue weighted by Crippen LogP contribution is -2.12. The molecule has 0 saturated heterocycles. The summed E-state index contributed by atoms with van der Waals surface area (Å²) in [7, 11) is 0. The zero-order chi connectivity index (χ0) is 17.8. The highest BCUT2D eigenvalue weighted by molar-refractivity contribution is 7.99. The van der Waals surface area contributed by atoms with Gasteiger partial charge in [-0.25, -0.2) is 4.98 Å². The zero-order valence-electron chi connectivity index (χ0n) is 14.8. The van der Waals surface area contributed by atoms with E-state index >= 15 is 0 Å². The molecule has 0 aliphatic rings. The molecule has 1 amide bonds. The van der Waals surface area contributed by atoms with Gasteiger partial charge in [0.25, 0.3) is 0 Å². The highest BCUT2D eigenvalue weighted by Gasteiger charge is 2.06. The maximum Gasteiger partial charge on any atom is 0.225 e. The van der Waals surface area contributed by atoms with Gasteiger partial charge >= 0.3 is 0 Å². The molecule has 0 saturated carbocycles. The SMILES string of the molecule is Cc1ccc(NC(=O)CCSc2cc(C)c3ccccc3n2)cc1C. The van der Waals surface area contributed by atoms with Crippen molar-refractivity contribution in [3.05, 3.63) is 65.2 Å². The van der Waals surface area contributed by atoms with Crippen molar-refractivity contribution in [2.45, 2.75) is 32.2 Å². The number of benzene rings is 2. The van der Waals surface area contributed by atoms with Crippen LogP contribution in [0.25, 0.3) is 10.9 Å². The first kappa shape index (κ1) is 17.5. The number of nitrogens with one attached hydrogen (secondary N) is 1. The molecule has 25 heavy (non-hydrogen) atoms. The minimum atomic E-state index is 0.0354. The smallest absolute Gasteiger partial charge is 0.225 e. The van der Waals surface area contributed by atoms with E-state index in [4.69, 9.17) is 0 Å². The third-order valence-corrected chi connectivity index (χ3v) is 5.18. The standard InChI is InChI=1S/C21H22N2OS/c1-14-8-9-17(12-15(14)2)22-20(24)10-11-25-21-13-16(3)18-6-4-5-7-19(18)23-21/h4-9,12-13H,10-11H2,1-3H3,(H,22,24). The number of pyridine rings is 1. The maximum absolute atomic E-state index is 12.1. The average molecular weight is 350 g/mol. The summed E-state index contributed by atoms with van der Waals surface area (Å²) in [5, 5.41) is 5.11. The van der Waals surface area contributed by atoms with E-state index in [2.05, 4.69) is 43.2 Å². The van der Waals surface area contributed by atoms with Crippen LogP contribution < -0.4 is 5.32 Å². The predicted molar refractivity (Wildman–Crippen MR) is 106 cm³/mol. The highest BCUT2D eigenvalue weighted by Crippen LogP contribution is 2.24. The number of hydrogen-bond donors (Lipinski definition) is 1. The minimum absolute atomic E-state index is 0.0354. The van der Waals surface area contributed by atoms with Gasteiger partial charge < -0.3 is 5.32 Å². The Bertz CT molecular complexity index is 921. The van der Waals surface area contributed by atoms with Crippen LogP contribution in [0.1, 0.15) is 23.1 Å². The summed E-state index contributed by atoms with van der Waals surface area (Å²) >= 11 is 1.62. The number of carbonyl (C=O) groups excluding carboxylic acids is 1. The lowest BCUT2D eigenvalue weighted by atomic mass is 10.1. The summed E-state index contributed by atoms with van der Waals surface area (Å²) in [6, 6.07) is 16.2. The van der Waals surface area contributed by atoms with Crippen LogP contribution in [-0.2, 0) is 4.79 Å². The van der Waals surface area contributed by atoms with Gasteiger partial charge in [-0.15, -0.1) is 11.8 Å². The van der Waals surface area contributed by atoms with Gasteiger partial charge in [0.15, 0.2) is 0 Å². The molecule has 0 aliphatic heterocycles. The summed E-state index contributed by atoms with van der Waals surface area (Å²) in [5.41, 5.74) is 5.49. The lowest BCUT2D eigenvalue weighted by Gasteiger charge is -2.08. The summed E-state index contributed by atoms with van der Waals surface area (Å²) < 4.78 is 0. The van der Waals surface area contributed by atoms with Crippen molar-refractivity contribution in [2.75, 3.05) is 11.1 Å². The van der Waals surface area contributed by atoms with E-state index < -0.39 is 0 Å². The van der Waals surface area contributed by atoms with E-state index in [9.17, 15) is 4.79 Å². The van der Waals surface area contributed by atoms with Gasteiger partial charge in [0, 0.05) is 23.2 Å². The second-order valence-corrected chi connectivity index (χ2v) is 7.36. The van der Waals surface area contributed by atoms with Gasteiger partial charge in [-0.05, 0) is 61.7 Å². The van der Waals surface area contributed by atoms with Crippen LogP contribution in [0.15, 0.2) is 53.6 Å². The van der Waals surface area contributed by atoms with E-state index in [-0.39, 0.29) is 5.91 Å². The van der Waals surface area contributed by atoms with Crippen molar-refractivity contribution in [1.29, 1.82) is 0 Å². The fraction of sp³-hybridized carbons (Fsp3) is 0.238. The topological polar surface area (TPSA) is 42.0 Å². The van der Waals surface area contributed by atoms with Crippen LogP contribution in [0.3, 0.4) is 0 Å². The first-order valence-corrected chi connectivity index (χ1v) is 9.38. The summed E-state index contributed by atoms with van der Waals surface area (Å²) in [5.74, 6) is 0.745. The van der Waals surface area contributed by atoms with Crippen molar-refractivity contribution < 1.29 is 4.79 Å². The molecule has 0 atom stereocenters. The molecule has 2 aromatic carbocycles. The van der Waals surface area contributed by atoms with Gasteiger partial charge in [-0.3, -0.25) is 4.79 Å². The molecule has 1 N–H and O–H groups in total. The van der Waals surface area contributed by atoms with E-state index in [0.29, 0.717) is 12.2 Å². The number of para-hydroxylation sites is 1. The number of anilines is 1. The van der Waals surface area contributed by atoms with E-state index in [0.717, 1.165) is 16.2 Å². The summed E-state index contributed by atoms with van der Waals surface area (Å²) in [6.07, 6.45) is 0.463. The number of nitrogens with zero attached hydrogens (tertiary/aromatic N) is 1. The van der Waals surface area contributed by atoms with Crippen LogP contribution in [0.2, 0.25) is 0 Å². The Labute approximate surface area is 152 Å². The number of aromatic nitrogens is 1. The fourth-order valence-electron chi connectivity index (χ4n) is 2.68. The highest BCUT2D eigenvalue weighted by atomic mass is 32.2. The Kier molecular flexibility index (Phi) is 5.39. The first-order chi connectivity index (χ1) is 12.0. The van der Waals surface area contributed by atoms with Crippen molar-refractivity contribution >= 4 is 34.3 Å². The third kappa shape index (κ3) is 4.40. The second kappa shape index (κ2) is 7.70. The molecule has 3 aromatic rings. The quantitative estimate of drug-likeness (QED) is 0.637. The van der Waals surface area contributed by atoms with E-state index in [1.165, 1.54) is 22.1 Å². The largest absolute Gasteiger partial charge is 0.326 e. The molecule has 0 aliphatic carbocycles. The summed E-state index contributed by atoms with van der Waals surface area (Å²) in [6.45, 7) is 6.21. The van der Waals surface area contributed by atoms with Crippen LogP contribution >= 0.6 is 11.8 Å². The van der Waals surface area contributed by atoms with Gasteiger partial charge in [0.05, 0.1) is 10.5 Å². The molecule has 0 fully saturated rings. The predicted octanol–water partition coefficient (Wildman–Crippen LogP) is 5.28. The van der Waals surface area contributed by atoms with Crippen molar-refractivity contribution in [2.24, 2.45) is 0 Å². The van der Waals surface area contributed by atoms with E-state index in [1.54, 1.807) is 11.8 Å². The van der Waals surface area contributed by atoms with Crippen molar-refractivity contribution in [3.8, 4) is 0 Å². The van der Waals surface area contributed by atoms with Gasteiger partial charge in [0.2, 0.25) is 5.91 Å². The minimum Gasteiger partial charge on any atom is -0.326 e. The lowest BCUT2D eigenvalue weighted by molar-refractivity contribution is -0.115. The second-order valence-electron chi connectivity index (χ2n) is 6.24. The summed E-state index contributed by atoms with van der Waals surface area (Å²) in [4.78, 5) is 16.8. The van der Waals surface area contributed by atoms with Gasteiger partial charge in [-0.1, -0.05) is 24.3 Å². The van der Waals surface area contributed by atoms with Gasteiger partial charge in [-0.2, -0.15) is 0 Å². The zero-order valence-corrected chi connectivity index (χ0v) is 15.6. The molecule has 1 aromatic heterocycles. The average Bonchev–Trinajstić information content (AvgIpc) is 2.58. The van der Waals surface area contributed by atoms with Crippen LogP contribution in [0, 0.1) is 20.8 Å². The number of amides is 1. The number of rotatable bonds is 5. The van der Waals surface area contributed by atoms with Crippen molar-refractivity contribution in [3.63, 3.8) is 0 Å².